The minimum absolute atomic E-state index is 0.229. The maximum Gasteiger partial charge on any atom is 0.0934 e. The summed E-state index contributed by atoms with van der Waals surface area (Å²) in [5, 5.41) is 4.08. The van der Waals surface area contributed by atoms with Crippen LogP contribution in [0.3, 0.4) is 0 Å². The SMILES string of the molecule is Cc1cnn(C)c1/C(N)=C/C=C(N)N. The highest BCUT2D eigenvalue weighted by molar-refractivity contribution is 5.63. The standard InChI is InChI=1S/C9H15N5/c1-6-5-13-14(2)9(6)7(10)3-4-8(11)12/h3-5H,10-12H2,1-2H3/b7-3-. The van der Waals surface area contributed by atoms with Gasteiger partial charge in [-0.15, -0.1) is 0 Å². The van der Waals surface area contributed by atoms with Gasteiger partial charge >= 0.3 is 0 Å². The summed E-state index contributed by atoms with van der Waals surface area (Å²) in [6.07, 6.45) is 4.98. The molecular weight excluding hydrogens is 178 g/mol. The fourth-order valence-corrected chi connectivity index (χ4v) is 1.23. The summed E-state index contributed by atoms with van der Waals surface area (Å²) in [5.74, 6) is 0.229. The lowest BCUT2D eigenvalue weighted by Crippen LogP contribution is -2.08. The summed E-state index contributed by atoms with van der Waals surface area (Å²) >= 11 is 0. The molecule has 0 bridgehead atoms. The molecule has 0 radical (unpaired) electrons. The molecule has 0 fully saturated rings. The van der Waals surface area contributed by atoms with Gasteiger partial charge in [0.2, 0.25) is 0 Å². The van der Waals surface area contributed by atoms with Gasteiger partial charge in [0.25, 0.3) is 0 Å². The molecule has 6 N–H and O–H groups in total. The minimum atomic E-state index is 0.229. The molecule has 0 saturated heterocycles. The predicted octanol–water partition coefficient (Wildman–Crippen LogP) is -0.213. The van der Waals surface area contributed by atoms with E-state index < -0.39 is 0 Å². The van der Waals surface area contributed by atoms with Crippen molar-refractivity contribution in [2.45, 2.75) is 6.92 Å². The molecule has 76 valence electrons. The van der Waals surface area contributed by atoms with Gasteiger partial charge in [-0.2, -0.15) is 5.10 Å². The van der Waals surface area contributed by atoms with Crippen molar-refractivity contribution in [1.29, 1.82) is 0 Å². The van der Waals surface area contributed by atoms with Gasteiger partial charge in [0.05, 0.1) is 23.4 Å². The third-order valence-electron chi connectivity index (χ3n) is 1.85. The Morgan fingerprint density at radius 2 is 2.00 bits per heavy atom. The number of aryl methyl sites for hydroxylation is 2. The van der Waals surface area contributed by atoms with Crippen molar-refractivity contribution in [3.63, 3.8) is 0 Å². The van der Waals surface area contributed by atoms with Crippen LogP contribution in [0.2, 0.25) is 0 Å². The lowest BCUT2D eigenvalue weighted by Gasteiger charge is -2.02. The molecule has 5 nitrogen and oxygen atoms in total. The Labute approximate surface area is 82.9 Å². The van der Waals surface area contributed by atoms with Crippen LogP contribution in [0.1, 0.15) is 11.3 Å². The molecule has 0 unspecified atom stereocenters. The van der Waals surface area contributed by atoms with Crippen LogP contribution in [-0.4, -0.2) is 9.78 Å². The van der Waals surface area contributed by atoms with Gasteiger partial charge in [-0.1, -0.05) is 0 Å². The lowest BCUT2D eigenvalue weighted by molar-refractivity contribution is 0.754. The van der Waals surface area contributed by atoms with E-state index in [1.54, 1.807) is 23.0 Å². The van der Waals surface area contributed by atoms with E-state index in [0.717, 1.165) is 11.3 Å². The first-order valence-corrected chi connectivity index (χ1v) is 4.19. The Hall–Kier alpha value is -1.91. The van der Waals surface area contributed by atoms with Crippen molar-refractivity contribution in [2.24, 2.45) is 24.2 Å². The molecule has 0 aliphatic carbocycles. The average molecular weight is 193 g/mol. The van der Waals surface area contributed by atoms with Gasteiger partial charge in [-0.25, -0.2) is 0 Å². The Bertz CT molecular complexity index is 362. The summed E-state index contributed by atoms with van der Waals surface area (Å²) in [7, 11) is 1.83. The normalized spacial score (nSPS) is 11.4. The number of hydrogen-bond acceptors (Lipinski definition) is 4. The molecule has 14 heavy (non-hydrogen) atoms. The van der Waals surface area contributed by atoms with Crippen molar-refractivity contribution in [3.05, 3.63) is 35.4 Å². The van der Waals surface area contributed by atoms with E-state index in [9.17, 15) is 0 Å². The molecule has 1 aromatic rings. The number of allylic oxidation sites excluding steroid dienone is 2. The van der Waals surface area contributed by atoms with Crippen LogP contribution in [0, 0.1) is 6.92 Å². The first-order valence-electron chi connectivity index (χ1n) is 4.19. The van der Waals surface area contributed by atoms with Crippen LogP contribution >= 0.6 is 0 Å². The third kappa shape index (κ3) is 2.07. The number of rotatable bonds is 2. The van der Waals surface area contributed by atoms with Crippen LogP contribution < -0.4 is 17.2 Å². The highest BCUT2D eigenvalue weighted by Crippen LogP contribution is 2.12. The largest absolute Gasteiger partial charge is 0.397 e. The first kappa shape index (κ1) is 10.2. The third-order valence-corrected chi connectivity index (χ3v) is 1.85. The number of aromatic nitrogens is 2. The van der Waals surface area contributed by atoms with Crippen molar-refractivity contribution in [1.82, 2.24) is 9.78 Å². The molecule has 1 rings (SSSR count). The van der Waals surface area contributed by atoms with E-state index >= 15 is 0 Å². The molecule has 0 atom stereocenters. The number of nitrogens with zero attached hydrogens (tertiary/aromatic N) is 2. The monoisotopic (exact) mass is 193 g/mol. The zero-order valence-electron chi connectivity index (χ0n) is 8.36. The zero-order valence-corrected chi connectivity index (χ0v) is 8.36. The Kier molecular flexibility index (Phi) is 2.81. The van der Waals surface area contributed by atoms with Gasteiger partial charge in [-0.3, -0.25) is 4.68 Å². The second kappa shape index (κ2) is 3.87. The molecule has 0 amide bonds. The van der Waals surface area contributed by atoms with E-state index in [0.29, 0.717) is 5.70 Å². The van der Waals surface area contributed by atoms with E-state index in [4.69, 9.17) is 17.2 Å². The predicted molar refractivity (Wildman–Crippen MR) is 56.6 cm³/mol. The van der Waals surface area contributed by atoms with Crippen LogP contribution in [0.25, 0.3) is 5.70 Å². The molecule has 0 spiro atoms. The number of hydrogen-bond donors (Lipinski definition) is 3. The molecular formula is C9H15N5. The fourth-order valence-electron chi connectivity index (χ4n) is 1.23. The second-order valence-electron chi connectivity index (χ2n) is 3.09. The van der Waals surface area contributed by atoms with Crippen LogP contribution in [0.5, 0.6) is 0 Å². The highest BCUT2D eigenvalue weighted by Gasteiger charge is 2.05. The summed E-state index contributed by atoms with van der Waals surface area (Å²) in [6, 6.07) is 0. The summed E-state index contributed by atoms with van der Waals surface area (Å²) in [5.41, 5.74) is 18.9. The van der Waals surface area contributed by atoms with Gasteiger partial charge in [-0.05, 0) is 24.6 Å². The van der Waals surface area contributed by atoms with Crippen molar-refractivity contribution >= 4 is 5.70 Å². The zero-order chi connectivity index (χ0) is 10.7. The van der Waals surface area contributed by atoms with Crippen LogP contribution in [0.15, 0.2) is 24.2 Å². The van der Waals surface area contributed by atoms with Gasteiger partial charge in [0.1, 0.15) is 0 Å². The quantitative estimate of drug-likeness (QED) is 0.566. The lowest BCUT2D eigenvalue weighted by atomic mass is 10.2. The van der Waals surface area contributed by atoms with Crippen LogP contribution in [0.4, 0.5) is 0 Å². The van der Waals surface area contributed by atoms with E-state index in [1.807, 2.05) is 14.0 Å². The topological polar surface area (TPSA) is 95.9 Å². The average Bonchev–Trinajstić information content (AvgIpc) is 2.42. The molecule has 0 aromatic carbocycles. The van der Waals surface area contributed by atoms with Gasteiger partial charge in [0, 0.05) is 7.05 Å². The molecule has 0 aliphatic heterocycles. The smallest absolute Gasteiger partial charge is 0.0934 e. The molecule has 0 aliphatic rings. The van der Waals surface area contributed by atoms with Crippen LogP contribution in [-0.2, 0) is 7.05 Å². The molecule has 1 aromatic heterocycles. The molecule has 0 saturated carbocycles. The Morgan fingerprint density at radius 1 is 1.36 bits per heavy atom. The van der Waals surface area contributed by atoms with Gasteiger partial charge < -0.3 is 17.2 Å². The van der Waals surface area contributed by atoms with Crippen molar-refractivity contribution < 1.29 is 0 Å². The Morgan fingerprint density at radius 3 is 2.43 bits per heavy atom. The Balaban J connectivity index is 3.06. The van der Waals surface area contributed by atoms with Crippen molar-refractivity contribution in [2.75, 3.05) is 0 Å². The fraction of sp³-hybridized carbons (Fsp3) is 0.222. The minimum Gasteiger partial charge on any atom is -0.397 e. The second-order valence-corrected chi connectivity index (χ2v) is 3.09. The summed E-state index contributed by atoms with van der Waals surface area (Å²) in [4.78, 5) is 0. The molecule has 1 heterocycles. The summed E-state index contributed by atoms with van der Waals surface area (Å²) in [6.45, 7) is 1.94. The highest BCUT2D eigenvalue weighted by atomic mass is 15.3. The number of nitrogens with two attached hydrogens (primary N) is 3. The van der Waals surface area contributed by atoms with Crippen molar-refractivity contribution in [3.8, 4) is 0 Å². The summed E-state index contributed by atoms with van der Waals surface area (Å²) < 4.78 is 1.71. The van der Waals surface area contributed by atoms with E-state index in [1.165, 1.54) is 0 Å². The molecule has 5 heteroatoms. The first-order chi connectivity index (χ1) is 6.52. The van der Waals surface area contributed by atoms with E-state index in [2.05, 4.69) is 5.10 Å². The maximum absolute atomic E-state index is 5.83. The van der Waals surface area contributed by atoms with E-state index in [-0.39, 0.29) is 5.82 Å². The maximum atomic E-state index is 5.83. The van der Waals surface area contributed by atoms with Gasteiger partial charge in [0.15, 0.2) is 0 Å².